The third kappa shape index (κ3) is 3.20. The SMILES string of the molecule is CCN1C(=O)/C(=C/c2cc(C)n(-c3ccc(C(=O)O)cc3)c2C)SC1=S. The molecule has 26 heavy (non-hydrogen) atoms. The normalized spacial score (nSPS) is 16.0. The maximum absolute atomic E-state index is 12.4. The molecule has 1 N–H and O–H groups in total. The molecule has 0 saturated carbocycles. The molecule has 0 aliphatic carbocycles. The predicted molar refractivity (Wildman–Crippen MR) is 108 cm³/mol. The van der Waals surface area contributed by atoms with Gasteiger partial charge in [-0.25, -0.2) is 4.79 Å². The lowest BCUT2D eigenvalue weighted by Crippen LogP contribution is -2.27. The van der Waals surface area contributed by atoms with E-state index in [-0.39, 0.29) is 11.5 Å². The fraction of sp³-hybridized carbons (Fsp3) is 0.211. The van der Waals surface area contributed by atoms with Crippen LogP contribution in [0.1, 0.15) is 34.2 Å². The second-order valence-electron chi connectivity index (χ2n) is 5.94. The number of aromatic carboxylic acids is 1. The van der Waals surface area contributed by atoms with Gasteiger partial charge >= 0.3 is 5.97 Å². The maximum Gasteiger partial charge on any atom is 0.335 e. The largest absolute Gasteiger partial charge is 0.478 e. The minimum Gasteiger partial charge on any atom is -0.478 e. The van der Waals surface area contributed by atoms with Crippen LogP contribution in [0.5, 0.6) is 0 Å². The zero-order valence-corrected chi connectivity index (χ0v) is 16.3. The molecule has 2 heterocycles. The number of rotatable bonds is 4. The molecular formula is C19H18N2O3S2. The molecule has 1 aliphatic rings. The summed E-state index contributed by atoms with van der Waals surface area (Å²) in [5.74, 6) is -1.01. The number of carbonyl (C=O) groups is 2. The highest BCUT2D eigenvalue weighted by Gasteiger charge is 2.30. The van der Waals surface area contributed by atoms with Crippen molar-refractivity contribution in [3.8, 4) is 5.69 Å². The highest BCUT2D eigenvalue weighted by Crippen LogP contribution is 2.33. The number of benzene rings is 1. The van der Waals surface area contributed by atoms with E-state index in [9.17, 15) is 9.59 Å². The van der Waals surface area contributed by atoms with Gasteiger partial charge in [0.15, 0.2) is 0 Å². The zero-order valence-electron chi connectivity index (χ0n) is 14.6. The van der Waals surface area contributed by atoms with Crippen LogP contribution in [-0.4, -0.2) is 37.3 Å². The summed E-state index contributed by atoms with van der Waals surface area (Å²) in [5, 5.41) is 9.04. The van der Waals surface area contributed by atoms with Gasteiger partial charge in [-0.05, 0) is 62.7 Å². The van der Waals surface area contributed by atoms with Gasteiger partial charge in [0.2, 0.25) is 0 Å². The zero-order chi connectivity index (χ0) is 19.0. The van der Waals surface area contributed by atoms with Crippen LogP contribution in [0.15, 0.2) is 35.2 Å². The molecule has 1 fully saturated rings. The van der Waals surface area contributed by atoms with Gasteiger partial charge in [0, 0.05) is 23.6 Å². The van der Waals surface area contributed by atoms with E-state index < -0.39 is 5.97 Å². The minimum atomic E-state index is -0.948. The highest BCUT2D eigenvalue weighted by atomic mass is 32.2. The van der Waals surface area contributed by atoms with Crippen LogP contribution < -0.4 is 0 Å². The molecule has 134 valence electrons. The Kier molecular flexibility index (Phi) is 5.02. The van der Waals surface area contributed by atoms with E-state index in [1.54, 1.807) is 29.2 Å². The molecule has 0 radical (unpaired) electrons. The monoisotopic (exact) mass is 386 g/mol. The van der Waals surface area contributed by atoms with Crippen molar-refractivity contribution in [3.63, 3.8) is 0 Å². The van der Waals surface area contributed by atoms with Crippen LogP contribution in [0.2, 0.25) is 0 Å². The second kappa shape index (κ2) is 7.09. The van der Waals surface area contributed by atoms with Crippen molar-refractivity contribution in [2.24, 2.45) is 0 Å². The molecule has 0 atom stereocenters. The summed E-state index contributed by atoms with van der Waals surface area (Å²) in [4.78, 5) is 25.7. The number of nitrogens with zero attached hydrogens (tertiary/aromatic N) is 2. The van der Waals surface area contributed by atoms with E-state index in [0.717, 1.165) is 22.6 Å². The van der Waals surface area contributed by atoms with Crippen molar-refractivity contribution >= 4 is 46.3 Å². The quantitative estimate of drug-likeness (QED) is 0.635. The van der Waals surface area contributed by atoms with Crippen LogP contribution in [0.3, 0.4) is 0 Å². The molecule has 7 heteroatoms. The number of hydrogen-bond donors (Lipinski definition) is 1. The van der Waals surface area contributed by atoms with E-state index in [0.29, 0.717) is 15.8 Å². The summed E-state index contributed by atoms with van der Waals surface area (Å²) in [6.45, 7) is 6.43. The Bertz CT molecular complexity index is 942. The fourth-order valence-electron chi connectivity index (χ4n) is 3.00. The van der Waals surface area contributed by atoms with Gasteiger partial charge in [-0.3, -0.25) is 9.69 Å². The van der Waals surface area contributed by atoms with Crippen molar-refractivity contribution in [3.05, 3.63) is 57.8 Å². The van der Waals surface area contributed by atoms with E-state index in [1.165, 1.54) is 11.8 Å². The number of carbonyl (C=O) groups excluding carboxylic acids is 1. The van der Waals surface area contributed by atoms with Gasteiger partial charge in [-0.2, -0.15) is 0 Å². The van der Waals surface area contributed by atoms with E-state index >= 15 is 0 Å². The molecule has 0 unspecified atom stereocenters. The molecule has 0 spiro atoms. The molecular weight excluding hydrogens is 368 g/mol. The Hall–Kier alpha value is -2.38. The summed E-state index contributed by atoms with van der Waals surface area (Å²) in [6, 6.07) is 8.75. The van der Waals surface area contributed by atoms with E-state index in [2.05, 4.69) is 0 Å². The van der Waals surface area contributed by atoms with Gasteiger partial charge in [0.05, 0.1) is 10.5 Å². The third-order valence-corrected chi connectivity index (χ3v) is 5.70. The molecule has 1 aromatic heterocycles. The van der Waals surface area contributed by atoms with Crippen LogP contribution in [0.25, 0.3) is 11.8 Å². The van der Waals surface area contributed by atoms with Gasteiger partial charge in [0.25, 0.3) is 5.91 Å². The van der Waals surface area contributed by atoms with Crippen molar-refractivity contribution < 1.29 is 14.7 Å². The summed E-state index contributed by atoms with van der Waals surface area (Å²) in [7, 11) is 0. The van der Waals surface area contributed by atoms with Crippen LogP contribution >= 0.6 is 24.0 Å². The maximum atomic E-state index is 12.4. The van der Waals surface area contributed by atoms with Gasteiger partial charge in [-0.15, -0.1) is 0 Å². The molecule has 0 bridgehead atoms. The average molecular weight is 386 g/mol. The van der Waals surface area contributed by atoms with Crippen molar-refractivity contribution in [2.75, 3.05) is 6.54 Å². The Morgan fingerprint density at radius 2 is 1.92 bits per heavy atom. The number of thiocarbonyl (C=S) groups is 1. The first-order chi connectivity index (χ1) is 12.3. The Morgan fingerprint density at radius 3 is 2.46 bits per heavy atom. The summed E-state index contributed by atoms with van der Waals surface area (Å²) >= 11 is 6.58. The number of aryl methyl sites for hydroxylation is 1. The Balaban J connectivity index is 1.99. The molecule has 2 aromatic rings. The summed E-state index contributed by atoms with van der Waals surface area (Å²) in [5.41, 5.74) is 4.06. The van der Waals surface area contributed by atoms with Crippen molar-refractivity contribution in [1.29, 1.82) is 0 Å². The lowest BCUT2D eigenvalue weighted by molar-refractivity contribution is -0.121. The Labute approximate surface area is 161 Å². The molecule has 1 saturated heterocycles. The minimum absolute atomic E-state index is 0.0573. The van der Waals surface area contributed by atoms with Gasteiger partial charge in [0.1, 0.15) is 4.32 Å². The lowest BCUT2D eigenvalue weighted by atomic mass is 10.2. The molecule has 1 aliphatic heterocycles. The Morgan fingerprint density at radius 1 is 1.27 bits per heavy atom. The van der Waals surface area contributed by atoms with Crippen molar-refractivity contribution in [2.45, 2.75) is 20.8 Å². The number of amides is 1. The van der Waals surface area contributed by atoms with E-state index in [4.69, 9.17) is 17.3 Å². The number of thioether (sulfide) groups is 1. The first-order valence-electron chi connectivity index (χ1n) is 8.11. The molecule has 1 aromatic carbocycles. The van der Waals surface area contributed by atoms with E-state index in [1.807, 2.05) is 37.5 Å². The number of likely N-dealkylation sites (N-methyl/N-ethyl adjacent to an activating group) is 1. The smallest absolute Gasteiger partial charge is 0.335 e. The predicted octanol–water partition coefficient (Wildman–Crippen LogP) is 4.01. The lowest BCUT2D eigenvalue weighted by Gasteiger charge is -2.10. The average Bonchev–Trinajstić information content (AvgIpc) is 3.03. The third-order valence-electron chi connectivity index (χ3n) is 4.32. The van der Waals surface area contributed by atoms with Crippen LogP contribution in [-0.2, 0) is 4.79 Å². The number of carboxylic acids is 1. The topological polar surface area (TPSA) is 62.5 Å². The molecule has 5 nitrogen and oxygen atoms in total. The number of carboxylic acid groups (broad SMARTS) is 1. The van der Waals surface area contributed by atoms with Crippen molar-refractivity contribution in [1.82, 2.24) is 9.47 Å². The second-order valence-corrected chi connectivity index (χ2v) is 7.62. The summed E-state index contributed by atoms with van der Waals surface area (Å²) < 4.78 is 2.62. The first-order valence-corrected chi connectivity index (χ1v) is 9.34. The highest BCUT2D eigenvalue weighted by molar-refractivity contribution is 8.26. The number of hydrogen-bond acceptors (Lipinski definition) is 4. The van der Waals surface area contributed by atoms with Gasteiger partial charge in [-0.1, -0.05) is 24.0 Å². The molecule has 3 rings (SSSR count). The molecule has 1 amide bonds. The fourth-order valence-corrected chi connectivity index (χ4v) is 4.37. The summed E-state index contributed by atoms with van der Waals surface area (Å²) in [6.07, 6.45) is 1.87. The van der Waals surface area contributed by atoms with Crippen LogP contribution in [0.4, 0.5) is 0 Å². The first kappa shape index (κ1) is 18.4. The standard InChI is InChI=1S/C19H18N2O3S2/c1-4-20-17(22)16(26-19(20)25)10-14-9-11(2)21(12(14)3)15-7-5-13(6-8-15)18(23)24/h5-10H,4H2,1-3H3,(H,23,24)/b16-10-. The number of aromatic nitrogens is 1. The van der Waals surface area contributed by atoms with Gasteiger partial charge < -0.3 is 9.67 Å². The van der Waals surface area contributed by atoms with Crippen LogP contribution in [0, 0.1) is 13.8 Å².